The summed E-state index contributed by atoms with van der Waals surface area (Å²) in [5.74, 6) is 0.427. The van der Waals surface area contributed by atoms with Crippen molar-refractivity contribution in [3.63, 3.8) is 0 Å². The Balaban J connectivity index is 1.75. The summed E-state index contributed by atoms with van der Waals surface area (Å²) in [5, 5.41) is 3.46. The molecule has 1 aromatic carbocycles. The summed E-state index contributed by atoms with van der Waals surface area (Å²) in [6.07, 6.45) is -2.38. The van der Waals surface area contributed by atoms with Gasteiger partial charge in [0.05, 0.1) is 19.8 Å². The average molecular weight is 345 g/mol. The standard InChI is InChI=1S/C16H18F3NO4/c1-22-12-3-4-13-11(9-24-14(13)8-12)7-15(21)20-5-2-6-23-10-16(17,18)19/h3-4,8-9H,2,5-7,10H2,1H3,(H,20,21). The number of ether oxygens (including phenoxy) is 2. The summed E-state index contributed by atoms with van der Waals surface area (Å²) in [6, 6.07) is 5.32. The van der Waals surface area contributed by atoms with Crippen molar-refractivity contribution < 1.29 is 31.9 Å². The lowest BCUT2D eigenvalue weighted by Crippen LogP contribution is -2.27. The van der Waals surface area contributed by atoms with Crippen molar-refractivity contribution in [3.8, 4) is 5.75 Å². The minimum Gasteiger partial charge on any atom is -0.497 e. The van der Waals surface area contributed by atoms with Crippen LogP contribution >= 0.6 is 0 Å². The van der Waals surface area contributed by atoms with E-state index in [4.69, 9.17) is 9.15 Å². The molecule has 1 aromatic heterocycles. The van der Waals surface area contributed by atoms with E-state index < -0.39 is 12.8 Å². The summed E-state index contributed by atoms with van der Waals surface area (Å²) in [6.45, 7) is -1.08. The molecular weight excluding hydrogens is 327 g/mol. The molecule has 1 heterocycles. The molecule has 0 unspecified atom stereocenters. The molecule has 0 radical (unpaired) electrons. The van der Waals surface area contributed by atoms with Gasteiger partial charge in [-0.05, 0) is 18.6 Å². The Hall–Kier alpha value is -2.22. The molecule has 1 amide bonds. The fourth-order valence-electron chi connectivity index (χ4n) is 2.15. The zero-order valence-electron chi connectivity index (χ0n) is 13.1. The fourth-order valence-corrected chi connectivity index (χ4v) is 2.15. The van der Waals surface area contributed by atoms with Crippen LogP contribution in [0.3, 0.4) is 0 Å². The number of fused-ring (bicyclic) bond motifs is 1. The highest BCUT2D eigenvalue weighted by Crippen LogP contribution is 2.25. The highest BCUT2D eigenvalue weighted by molar-refractivity contribution is 5.88. The maximum Gasteiger partial charge on any atom is 0.411 e. The van der Waals surface area contributed by atoms with Gasteiger partial charge in [-0.1, -0.05) is 0 Å². The summed E-state index contributed by atoms with van der Waals surface area (Å²) in [7, 11) is 1.55. The van der Waals surface area contributed by atoms with Crippen LogP contribution in [0.2, 0.25) is 0 Å². The third kappa shape index (κ3) is 5.45. The number of alkyl halides is 3. The lowest BCUT2D eigenvalue weighted by atomic mass is 10.1. The summed E-state index contributed by atoms with van der Waals surface area (Å²) >= 11 is 0. The van der Waals surface area contributed by atoms with Crippen LogP contribution in [0.4, 0.5) is 13.2 Å². The quantitative estimate of drug-likeness (QED) is 0.747. The highest BCUT2D eigenvalue weighted by Gasteiger charge is 2.27. The SMILES string of the molecule is COc1ccc2c(CC(=O)NCCCOCC(F)(F)F)coc2c1. The molecule has 0 saturated carbocycles. The van der Waals surface area contributed by atoms with Crippen LogP contribution < -0.4 is 10.1 Å². The van der Waals surface area contributed by atoms with Gasteiger partial charge in [0.15, 0.2) is 0 Å². The number of amides is 1. The first-order chi connectivity index (χ1) is 11.4. The smallest absolute Gasteiger partial charge is 0.411 e. The zero-order chi connectivity index (χ0) is 17.6. The van der Waals surface area contributed by atoms with E-state index in [1.54, 1.807) is 19.2 Å². The molecule has 0 aliphatic rings. The second-order valence-electron chi connectivity index (χ2n) is 5.17. The van der Waals surface area contributed by atoms with Gasteiger partial charge in [0.2, 0.25) is 5.91 Å². The molecule has 0 bridgehead atoms. The molecule has 2 aromatic rings. The zero-order valence-corrected chi connectivity index (χ0v) is 13.1. The molecular formula is C16H18F3NO4. The molecule has 0 aliphatic heterocycles. The van der Waals surface area contributed by atoms with Gasteiger partial charge < -0.3 is 19.2 Å². The van der Waals surface area contributed by atoms with E-state index in [9.17, 15) is 18.0 Å². The van der Waals surface area contributed by atoms with Gasteiger partial charge in [-0.15, -0.1) is 0 Å². The number of methoxy groups -OCH3 is 1. The second kappa shape index (κ2) is 8.05. The maximum absolute atomic E-state index is 11.9. The third-order valence-corrected chi connectivity index (χ3v) is 3.27. The highest BCUT2D eigenvalue weighted by atomic mass is 19.4. The number of carbonyl (C=O) groups excluding carboxylic acids is 1. The number of hydrogen-bond donors (Lipinski definition) is 1. The topological polar surface area (TPSA) is 60.7 Å². The van der Waals surface area contributed by atoms with Crippen LogP contribution in [0.25, 0.3) is 11.0 Å². The molecule has 132 valence electrons. The average Bonchev–Trinajstić information content (AvgIpc) is 2.91. The predicted molar refractivity (Wildman–Crippen MR) is 81.0 cm³/mol. The van der Waals surface area contributed by atoms with Crippen LogP contribution in [-0.4, -0.2) is 39.0 Å². The molecule has 2 rings (SSSR count). The minimum absolute atomic E-state index is 0.0613. The van der Waals surface area contributed by atoms with Crippen LogP contribution in [0.15, 0.2) is 28.9 Å². The van der Waals surface area contributed by atoms with Gasteiger partial charge in [0, 0.05) is 30.2 Å². The van der Waals surface area contributed by atoms with Crippen LogP contribution in [0.1, 0.15) is 12.0 Å². The fraction of sp³-hybridized carbons (Fsp3) is 0.438. The molecule has 0 atom stereocenters. The van der Waals surface area contributed by atoms with E-state index >= 15 is 0 Å². The van der Waals surface area contributed by atoms with Crippen molar-refractivity contribution in [1.29, 1.82) is 0 Å². The number of benzene rings is 1. The minimum atomic E-state index is -4.33. The van der Waals surface area contributed by atoms with E-state index in [0.29, 0.717) is 17.8 Å². The number of nitrogens with one attached hydrogen (secondary N) is 1. The van der Waals surface area contributed by atoms with Crippen molar-refractivity contribution in [2.45, 2.75) is 19.0 Å². The maximum atomic E-state index is 11.9. The van der Waals surface area contributed by atoms with Crippen molar-refractivity contribution in [2.24, 2.45) is 0 Å². The summed E-state index contributed by atoms with van der Waals surface area (Å²) in [5.41, 5.74) is 1.36. The molecule has 24 heavy (non-hydrogen) atoms. The van der Waals surface area contributed by atoms with E-state index in [1.165, 1.54) is 6.26 Å². The second-order valence-corrected chi connectivity index (χ2v) is 5.17. The molecule has 0 aliphatic carbocycles. The van der Waals surface area contributed by atoms with Crippen LogP contribution in [0, 0.1) is 0 Å². The van der Waals surface area contributed by atoms with E-state index in [1.807, 2.05) is 6.07 Å². The van der Waals surface area contributed by atoms with Gasteiger partial charge in [-0.3, -0.25) is 4.79 Å². The van der Waals surface area contributed by atoms with E-state index in [-0.39, 0.29) is 25.5 Å². The van der Waals surface area contributed by atoms with E-state index in [0.717, 1.165) is 10.9 Å². The lowest BCUT2D eigenvalue weighted by molar-refractivity contribution is -0.174. The van der Waals surface area contributed by atoms with Gasteiger partial charge in [0.25, 0.3) is 0 Å². The van der Waals surface area contributed by atoms with Gasteiger partial charge in [0.1, 0.15) is 17.9 Å². The van der Waals surface area contributed by atoms with Crippen molar-refractivity contribution >= 4 is 16.9 Å². The Morgan fingerprint density at radius 3 is 2.83 bits per heavy atom. The van der Waals surface area contributed by atoms with Crippen LogP contribution in [-0.2, 0) is 16.0 Å². The Bertz CT molecular complexity index is 682. The molecule has 5 nitrogen and oxygen atoms in total. The Morgan fingerprint density at radius 2 is 2.12 bits per heavy atom. The first-order valence-corrected chi connectivity index (χ1v) is 7.34. The Kier molecular flexibility index (Phi) is 6.08. The van der Waals surface area contributed by atoms with Crippen molar-refractivity contribution in [1.82, 2.24) is 5.32 Å². The normalized spacial score (nSPS) is 11.7. The van der Waals surface area contributed by atoms with Gasteiger partial charge in [-0.25, -0.2) is 0 Å². The number of rotatable bonds is 8. The predicted octanol–water partition coefficient (Wildman–Crippen LogP) is 3.07. The molecule has 0 spiro atoms. The van der Waals surface area contributed by atoms with E-state index in [2.05, 4.69) is 10.1 Å². The molecule has 0 fully saturated rings. The summed E-state index contributed by atoms with van der Waals surface area (Å²) < 4.78 is 50.6. The third-order valence-electron chi connectivity index (χ3n) is 3.27. The molecule has 1 N–H and O–H groups in total. The van der Waals surface area contributed by atoms with Gasteiger partial charge in [-0.2, -0.15) is 13.2 Å². The van der Waals surface area contributed by atoms with Crippen LogP contribution in [0.5, 0.6) is 5.75 Å². The lowest BCUT2D eigenvalue weighted by Gasteiger charge is -2.08. The Labute approximate surface area is 136 Å². The largest absolute Gasteiger partial charge is 0.497 e. The first kappa shape index (κ1) is 18.1. The Morgan fingerprint density at radius 1 is 1.33 bits per heavy atom. The number of hydrogen-bond acceptors (Lipinski definition) is 4. The number of halogens is 3. The number of carbonyl (C=O) groups is 1. The van der Waals surface area contributed by atoms with Crippen molar-refractivity contribution in [2.75, 3.05) is 26.9 Å². The van der Waals surface area contributed by atoms with Gasteiger partial charge >= 0.3 is 6.18 Å². The molecule has 0 saturated heterocycles. The monoisotopic (exact) mass is 345 g/mol. The summed E-state index contributed by atoms with van der Waals surface area (Å²) in [4.78, 5) is 11.9. The number of furan rings is 1. The first-order valence-electron chi connectivity index (χ1n) is 7.34. The van der Waals surface area contributed by atoms with Crippen molar-refractivity contribution in [3.05, 3.63) is 30.0 Å². The molecule has 8 heteroatoms.